The van der Waals surface area contributed by atoms with Crippen LogP contribution in [-0.4, -0.2) is 11.7 Å². The number of aliphatic hydroxyl groups excluding tert-OH is 1. The summed E-state index contributed by atoms with van der Waals surface area (Å²) in [6.45, 7) is 2.12. The van der Waals surface area contributed by atoms with Crippen molar-refractivity contribution in [2.45, 2.75) is 64.2 Å². The minimum absolute atomic E-state index is 0.357. The van der Waals surface area contributed by atoms with Crippen molar-refractivity contribution in [2.24, 2.45) is 5.73 Å². The highest BCUT2D eigenvalue weighted by atomic mass is 16.2. The van der Waals surface area contributed by atoms with Gasteiger partial charge in [-0.2, -0.15) is 0 Å². The zero-order chi connectivity index (χ0) is 10.5. The van der Waals surface area contributed by atoms with Crippen LogP contribution in [0, 0.1) is 6.54 Å². The van der Waals surface area contributed by atoms with E-state index in [0.717, 1.165) is 12.8 Å². The standard InChI is InChI=1S/C12H26NO/c13-11-9-7-5-3-1-2-4-6-8-10-12-14/h11,14H,1-10,12-13H2. The molecule has 1 radical (unpaired) electrons. The molecule has 0 spiro atoms. The second-order valence-corrected chi connectivity index (χ2v) is 3.93. The third-order valence-electron chi connectivity index (χ3n) is 2.53. The van der Waals surface area contributed by atoms with E-state index in [1.165, 1.54) is 51.4 Å². The zero-order valence-electron chi connectivity index (χ0n) is 9.38. The van der Waals surface area contributed by atoms with E-state index in [2.05, 4.69) is 0 Å². The summed E-state index contributed by atoms with van der Waals surface area (Å²) in [5.41, 5.74) is 5.29. The van der Waals surface area contributed by atoms with Crippen molar-refractivity contribution in [3.63, 3.8) is 0 Å². The van der Waals surface area contributed by atoms with E-state index in [4.69, 9.17) is 10.8 Å². The molecule has 0 aromatic rings. The fourth-order valence-electron chi connectivity index (χ4n) is 1.61. The van der Waals surface area contributed by atoms with Gasteiger partial charge < -0.3 is 10.8 Å². The van der Waals surface area contributed by atoms with E-state index in [1.54, 1.807) is 6.54 Å². The van der Waals surface area contributed by atoms with Crippen LogP contribution < -0.4 is 5.73 Å². The van der Waals surface area contributed by atoms with Crippen molar-refractivity contribution in [3.8, 4) is 0 Å². The Bertz CT molecular complexity index is 84.3. The Morgan fingerprint density at radius 1 is 0.714 bits per heavy atom. The van der Waals surface area contributed by atoms with E-state index in [0.29, 0.717) is 6.61 Å². The first kappa shape index (κ1) is 13.9. The Hall–Kier alpha value is -0.0800. The number of hydrogen-bond donors (Lipinski definition) is 2. The minimum Gasteiger partial charge on any atom is -0.396 e. The third kappa shape index (κ3) is 11.9. The fraction of sp³-hybridized carbons (Fsp3) is 0.917. The zero-order valence-corrected chi connectivity index (χ0v) is 9.38. The van der Waals surface area contributed by atoms with E-state index >= 15 is 0 Å². The number of hydrogen-bond acceptors (Lipinski definition) is 2. The molecule has 2 heteroatoms. The predicted octanol–water partition coefficient (Wildman–Crippen LogP) is 3.00. The molecular weight excluding hydrogens is 174 g/mol. The van der Waals surface area contributed by atoms with E-state index in [9.17, 15) is 0 Å². The topological polar surface area (TPSA) is 46.2 Å². The van der Waals surface area contributed by atoms with Crippen LogP contribution in [0.5, 0.6) is 0 Å². The highest BCUT2D eigenvalue weighted by molar-refractivity contribution is 4.54. The summed E-state index contributed by atoms with van der Waals surface area (Å²) >= 11 is 0. The summed E-state index contributed by atoms with van der Waals surface area (Å²) in [6.07, 6.45) is 12.5. The molecule has 0 aromatic heterocycles. The van der Waals surface area contributed by atoms with Gasteiger partial charge in [0.05, 0.1) is 0 Å². The molecule has 14 heavy (non-hydrogen) atoms. The first-order chi connectivity index (χ1) is 6.91. The van der Waals surface area contributed by atoms with Gasteiger partial charge >= 0.3 is 0 Å². The van der Waals surface area contributed by atoms with Crippen LogP contribution in [0.2, 0.25) is 0 Å². The van der Waals surface area contributed by atoms with Crippen molar-refractivity contribution >= 4 is 0 Å². The Labute approximate surface area is 88.9 Å². The number of rotatable bonds is 11. The molecule has 0 fully saturated rings. The van der Waals surface area contributed by atoms with Gasteiger partial charge in [-0.25, -0.2) is 0 Å². The summed E-state index contributed by atoms with van der Waals surface area (Å²) < 4.78 is 0. The first-order valence-corrected chi connectivity index (χ1v) is 6.06. The molecule has 85 valence electrons. The lowest BCUT2D eigenvalue weighted by atomic mass is 10.1. The molecule has 0 saturated carbocycles. The summed E-state index contributed by atoms with van der Waals surface area (Å²) in [5.74, 6) is 0. The number of nitrogens with two attached hydrogens (primary N) is 1. The molecule has 0 aliphatic rings. The molecule has 0 aromatic carbocycles. The van der Waals surface area contributed by atoms with Gasteiger partial charge in [0.2, 0.25) is 0 Å². The van der Waals surface area contributed by atoms with Gasteiger partial charge in [-0.15, -0.1) is 0 Å². The van der Waals surface area contributed by atoms with Gasteiger partial charge in [0, 0.05) is 13.2 Å². The van der Waals surface area contributed by atoms with Gasteiger partial charge in [-0.1, -0.05) is 51.4 Å². The van der Waals surface area contributed by atoms with Crippen molar-refractivity contribution in [3.05, 3.63) is 6.54 Å². The van der Waals surface area contributed by atoms with Crippen LogP contribution in [0.3, 0.4) is 0 Å². The van der Waals surface area contributed by atoms with Crippen molar-refractivity contribution < 1.29 is 5.11 Å². The second kappa shape index (κ2) is 12.9. The molecule has 0 heterocycles. The SMILES string of the molecule is N[CH]CCCCCCCCCCCO. The molecule has 0 bridgehead atoms. The normalized spacial score (nSPS) is 10.7. The Morgan fingerprint density at radius 2 is 1.14 bits per heavy atom. The van der Waals surface area contributed by atoms with Crippen molar-refractivity contribution in [1.82, 2.24) is 0 Å². The summed E-state index contributed by atoms with van der Waals surface area (Å²) in [4.78, 5) is 0. The quantitative estimate of drug-likeness (QED) is 0.504. The summed E-state index contributed by atoms with van der Waals surface area (Å²) in [5, 5.41) is 8.58. The average Bonchev–Trinajstić information content (AvgIpc) is 2.21. The maximum absolute atomic E-state index is 8.58. The van der Waals surface area contributed by atoms with Crippen LogP contribution in [-0.2, 0) is 0 Å². The molecule has 3 N–H and O–H groups in total. The summed E-state index contributed by atoms with van der Waals surface area (Å²) in [7, 11) is 0. The molecule has 0 amide bonds. The van der Waals surface area contributed by atoms with Crippen LogP contribution in [0.1, 0.15) is 64.2 Å². The van der Waals surface area contributed by atoms with Crippen LogP contribution >= 0.6 is 0 Å². The highest BCUT2D eigenvalue weighted by Crippen LogP contribution is 2.10. The molecular formula is C12H26NO. The molecule has 0 aliphatic heterocycles. The highest BCUT2D eigenvalue weighted by Gasteiger charge is 1.92. The average molecular weight is 200 g/mol. The molecule has 2 nitrogen and oxygen atoms in total. The third-order valence-corrected chi connectivity index (χ3v) is 2.53. The van der Waals surface area contributed by atoms with Gasteiger partial charge in [0.15, 0.2) is 0 Å². The first-order valence-electron chi connectivity index (χ1n) is 6.06. The maximum atomic E-state index is 8.58. The number of aliphatic hydroxyl groups is 1. The van der Waals surface area contributed by atoms with Gasteiger partial charge in [0.1, 0.15) is 0 Å². The largest absolute Gasteiger partial charge is 0.396 e. The molecule has 0 saturated heterocycles. The second-order valence-electron chi connectivity index (χ2n) is 3.93. The molecule has 0 unspecified atom stereocenters. The lowest BCUT2D eigenvalue weighted by Gasteiger charge is -2.01. The lowest BCUT2D eigenvalue weighted by molar-refractivity contribution is 0.282. The monoisotopic (exact) mass is 200 g/mol. The fourth-order valence-corrected chi connectivity index (χ4v) is 1.61. The Kier molecular flexibility index (Phi) is 12.8. The van der Waals surface area contributed by atoms with Crippen LogP contribution in [0.4, 0.5) is 0 Å². The van der Waals surface area contributed by atoms with E-state index < -0.39 is 0 Å². The van der Waals surface area contributed by atoms with Crippen LogP contribution in [0.25, 0.3) is 0 Å². The van der Waals surface area contributed by atoms with Gasteiger partial charge in [-0.05, 0) is 12.8 Å². The molecule has 0 rings (SSSR count). The van der Waals surface area contributed by atoms with E-state index in [-0.39, 0.29) is 0 Å². The van der Waals surface area contributed by atoms with Crippen LogP contribution in [0.15, 0.2) is 0 Å². The minimum atomic E-state index is 0.357. The summed E-state index contributed by atoms with van der Waals surface area (Å²) in [6, 6.07) is 0. The van der Waals surface area contributed by atoms with E-state index in [1.807, 2.05) is 0 Å². The smallest absolute Gasteiger partial charge is 0.0431 e. The number of unbranched alkanes of at least 4 members (excludes halogenated alkanes) is 9. The van der Waals surface area contributed by atoms with Crippen molar-refractivity contribution in [1.29, 1.82) is 0 Å². The molecule has 0 atom stereocenters. The van der Waals surface area contributed by atoms with Gasteiger partial charge in [0.25, 0.3) is 0 Å². The predicted molar refractivity (Wildman–Crippen MR) is 61.7 cm³/mol. The van der Waals surface area contributed by atoms with Gasteiger partial charge in [-0.3, -0.25) is 0 Å². The Balaban J connectivity index is 2.78. The maximum Gasteiger partial charge on any atom is 0.0431 e. The molecule has 0 aliphatic carbocycles. The van der Waals surface area contributed by atoms with Crippen molar-refractivity contribution in [2.75, 3.05) is 6.61 Å². The Morgan fingerprint density at radius 3 is 1.57 bits per heavy atom. The lowest BCUT2D eigenvalue weighted by Crippen LogP contribution is -1.89.